The molecule has 2 aromatic rings. The fourth-order valence-electron chi connectivity index (χ4n) is 3.59. The summed E-state index contributed by atoms with van der Waals surface area (Å²) >= 11 is 5.91. The van der Waals surface area contributed by atoms with Gasteiger partial charge in [0.05, 0.1) is 12.6 Å². The Bertz CT molecular complexity index is 965. The van der Waals surface area contributed by atoms with E-state index in [1.807, 2.05) is 26.0 Å². The summed E-state index contributed by atoms with van der Waals surface area (Å²) in [6.07, 6.45) is 0.602. The van der Waals surface area contributed by atoms with Gasteiger partial charge in [-0.2, -0.15) is 0 Å². The number of anilines is 1. The highest BCUT2D eigenvalue weighted by molar-refractivity contribution is 6.29. The summed E-state index contributed by atoms with van der Waals surface area (Å²) < 4.78 is 4.63. The number of carbonyl (C=O) groups excluding carboxylic acids is 3. The number of nitrogens with one attached hydrogen (secondary N) is 2. The number of pyridine rings is 1. The third-order valence-electron chi connectivity index (χ3n) is 5.15. The van der Waals surface area contributed by atoms with Crippen molar-refractivity contribution in [2.24, 2.45) is 5.92 Å². The number of rotatable bonds is 5. The Kier molecular flexibility index (Phi) is 6.77. The van der Waals surface area contributed by atoms with E-state index in [4.69, 9.17) is 11.6 Å². The van der Waals surface area contributed by atoms with Gasteiger partial charge in [-0.15, -0.1) is 0 Å². The molecule has 1 saturated heterocycles. The Morgan fingerprint density at radius 3 is 2.70 bits per heavy atom. The second-order valence-corrected chi connectivity index (χ2v) is 7.97. The summed E-state index contributed by atoms with van der Waals surface area (Å²) in [4.78, 5) is 43.4. The van der Waals surface area contributed by atoms with Gasteiger partial charge in [0.1, 0.15) is 17.2 Å². The molecular weight excluding hydrogens is 408 g/mol. The summed E-state index contributed by atoms with van der Waals surface area (Å²) in [5, 5.41) is 6.71. The summed E-state index contributed by atoms with van der Waals surface area (Å²) in [5.41, 5.74) is 1.34. The zero-order chi connectivity index (χ0) is 21.8. The normalized spacial score (nSPS) is 17.1. The molecule has 0 radical (unpaired) electrons. The van der Waals surface area contributed by atoms with E-state index in [-0.39, 0.29) is 17.7 Å². The second-order valence-electron chi connectivity index (χ2n) is 7.58. The highest BCUT2D eigenvalue weighted by atomic mass is 35.5. The maximum Gasteiger partial charge on any atom is 0.407 e. The lowest BCUT2D eigenvalue weighted by atomic mass is 10.0. The van der Waals surface area contributed by atoms with Crippen molar-refractivity contribution in [1.29, 1.82) is 0 Å². The van der Waals surface area contributed by atoms with E-state index in [0.29, 0.717) is 30.2 Å². The molecule has 0 bridgehead atoms. The number of hydrogen-bond donors (Lipinski definition) is 2. The van der Waals surface area contributed by atoms with E-state index in [2.05, 4.69) is 20.4 Å². The molecule has 0 aliphatic carbocycles. The highest BCUT2D eigenvalue weighted by Gasteiger charge is 2.38. The van der Waals surface area contributed by atoms with Gasteiger partial charge in [-0.3, -0.25) is 9.59 Å². The number of amides is 3. The van der Waals surface area contributed by atoms with Crippen LogP contribution in [0.3, 0.4) is 0 Å². The Labute approximate surface area is 179 Å². The Balaban J connectivity index is 1.74. The van der Waals surface area contributed by atoms with Crippen LogP contribution in [-0.2, 0) is 14.3 Å². The standard InChI is InChI=1S/C21H25ClN4O4/c1-12(2)18(25-21(29)30-3)20(28)26-10-4-5-16(26)19(27)23-14-7-8-15-13(11-14)6-9-17(22)24-15/h6-9,11-12,16,18H,4-5,10H2,1-3H3,(H,23,27)(H,25,29)/t16-,18-/m0/s1. The van der Waals surface area contributed by atoms with Crippen LogP contribution in [0.5, 0.6) is 0 Å². The fourth-order valence-corrected chi connectivity index (χ4v) is 3.74. The molecule has 0 unspecified atom stereocenters. The van der Waals surface area contributed by atoms with Crippen molar-refractivity contribution in [3.63, 3.8) is 0 Å². The average Bonchev–Trinajstić information content (AvgIpc) is 3.21. The van der Waals surface area contributed by atoms with Crippen LogP contribution in [0.15, 0.2) is 30.3 Å². The number of aromatic nitrogens is 1. The van der Waals surface area contributed by atoms with Crippen LogP contribution in [0, 0.1) is 5.92 Å². The maximum atomic E-state index is 13.1. The number of carbonyl (C=O) groups is 3. The molecule has 1 aromatic carbocycles. The molecule has 0 spiro atoms. The third-order valence-corrected chi connectivity index (χ3v) is 5.36. The zero-order valence-electron chi connectivity index (χ0n) is 17.1. The van der Waals surface area contributed by atoms with Crippen molar-refractivity contribution in [1.82, 2.24) is 15.2 Å². The molecular formula is C21H25ClN4O4. The van der Waals surface area contributed by atoms with Crippen LogP contribution >= 0.6 is 11.6 Å². The van der Waals surface area contributed by atoms with Crippen LogP contribution in [0.4, 0.5) is 10.5 Å². The fraction of sp³-hybridized carbons (Fsp3) is 0.429. The largest absolute Gasteiger partial charge is 0.453 e. The van der Waals surface area contributed by atoms with Gasteiger partial charge in [0.25, 0.3) is 0 Å². The molecule has 1 aliphatic heterocycles. The Morgan fingerprint density at radius 1 is 1.23 bits per heavy atom. The van der Waals surface area contributed by atoms with Crippen molar-refractivity contribution >= 4 is 46.1 Å². The predicted molar refractivity (Wildman–Crippen MR) is 114 cm³/mol. The number of hydrogen-bond acceptors (Lipinski definition) is 5. The average molecular weight is 433 g/mol. The third kappa shape index (κ3) is 4.81. The molecule has 3 rings (SSSR count). The van der Waals surface area contributed by atoms with Gasteiger partial charge in [0.2, 0.25) is 11.8 Å². The minimum Gasteiger partial charge on any atom is -0.453 e. The number of nitrogens with zero attached hydrogens (tertiary/aromatic N) is 2. The summed E-state index contributed by atoms with van der Waals surface area (Å²) in [5.74, 6) is -0.700. The van der Waals surface area contributed by atoms with Crippen molar-refractivity contribution in [2.75, 3.05) is 19.0 Å². The first-order valence-corrected chi connectivity index (χ1v) is 10.2. The van der Waals surface area contributed by atoms with Crippen LogP contribution < -0.4 is 10.6 Å². The van der Waals surface area contributed by atoms with Crippen molar-refractivity contribution < 1.29 is 19.1 Å². The quantitative estimate of drug-likeness (QED) is 0.706. The van der Waals surface area contributed by atoms with Gasteiger partial charge in [0, 0.05) is 17.6 Å². The summed E-state index contributed by atoms with van der Waals surface area (Å²) in [6.45, 7) is 4.13. The van der Waals surface area contributed by atoms with Gasteiger partial charge in [-0.25, -0.2) is 9.78 Å². The topological polar surface area (TPSA) is 101 Å². The minimum atomic E-state index is -0.762. The molecule has 30 heavy (non-hydrogen) atoms. The van der Waals surface area contributed by atoms with E-state index >= 15 is 0 Å². The van der Waals surface area contributed by atoms with Gasteiger partial charge in [0.15, 0.2) is 0 Å². The predicted octanol–water partition coefficient (Wildman–Crippen LogP) is 3.20. The van der Waals surface area contributed by atoms with E-state index in [9.17, 15) is 14.4 Å². The lowest BCUT2D eigenvalue weighted by Gasteiger charge is -2.30. The van der Waals surface area contributed by atoms with Gasteiger partial charge in [-0.1, -0.05) is 25.4 Å². The molecule has 0 saturated carbocycles. The molecule has 2 heterocycles. The molecule has 9 heteroatoms. The number of halogens is 1. The van der Waals surface area contributed by atoms with Crippen LogP contribution in [-0.4, -0.2) is 53.5 Å². The lowest BCUT2D eigenvalue weighted by Crippen LogP contribution is -2.54. The number of methoxy groups -OCH3 is 1. The Hall–Kier alpha value is -2.87. The summed E-state index contributed by atoms with van der Waals surface area (Å²) in [6, 6.07) is 7.50. The van der Waals surface area contributed by atoms with Gasteiger partial charge >= 0.3 is 6.09 Å². The van der Waals surface area contributed by atoms with Crippen LogP contribution in [0.1, 0.15) is 26.7 Å². The number of likely N-dealkylation sites (tertiary alicyclic amines) is 1. The first kappa shape index (κ1) is 21.8. The zero-order valence-corrected chi connectivity index (χ0v) is 17.9. The van der Waals surface area contributed by atoms with Crippen molar-refractivity contribution in [2.45, 2.75) is 38.8 Å². The molecule has 2 atom stereocenters. The monoisotopic (exact) mass is 432 g/mol. The van der Waals surface area contributed by atoms with E-state index < -0.39 is 18.2 Å². The molecule has 2 N–H and O–H groups in total. The minimum absolute atomic E-state index is 0.152. The molecule has 1 fully saturated rings. The molecule has 160 valence electrons. The Morgan fingerprint density at radius 2 is 2.00 bits per heavy atom. The number of alkyl carbamates (subject to hydrolysis) is 1. The van der Waals surface area contributed by atoms with E-state index in [0.717, 1.165) is 10.9 Å². The molecule has 1 aliphatic rings. The lowest BCUT2D eigenvalue weighted by molar-refractivity contribution is -0.139. The van der Waals surface area contributed by atoms with Crippen molar-refractivity contribution in [3.05, 3.63) is 35.5 Å². The van der Waals surface area contributed by atoms with E-state index in [1.54, 1.807) is 18.2 Å². The molecule has 3 amide bonds. The van der Waals surface area contributed by atoms with Gasteiger partial charge in [-0.05, 0) is 49.1 Å². The maximum absolute atomic E-state index is 13.1. The number of ether oxygens (including phenoxy) is 1. The summed E-state index contributed by atoms with van der Waals surface area (Å²) in [7, 11) is 1.25. The second kappa shape index (κ2) is 9.30. The number of fused-ring (bicyclic) bond motifs is 1. The van der Waals surface area contributed by atoms with Gasteiger partial charge < -0.3 is 20.3 Å². The highest BCUT2D eigenvalue weighted by Crippen LogP contribution is 2.24. The first-order valence-electron chi connectivity index (χ1n) is 9.82. The van der Waals surface area contributed by atoms with Crippen LogP contribution in [0.25, 0.3) is 10.9 Å². The molecule has 8 nitrogen and oxygen atoms in total. The molecule has 1 aromatic heterocycles. The number of benzene rings is 1. The first-order chi connectivity index (χ1) is 14.3. The van der Waals surface area contributed by atoms with E-state index in [1.165, 1.54) is 12.0 Å². The van der Waals surface area contributed by atoms with Crippen LogP contribution in [0.2, 0.25) is 5.15 Å². The van der Waals surface area contributed by atoms with Crippen molar-refractivity contribution in [3.8, 4) is 0 Å². The smallest absolute Gasteiger partial charge is 0.407 e. The SMILES string of the molecule is COC(=O)N[C@H](C(=O)N1CCC[C@H]1C(=O)Nc1ccc2nc(Cl)ccc2c1)C(C)C.